The third kappa shape index (κ3) is 2.84. The van der Waals surface area contributed by atoms with E-state index in [0.717, 1.165) is 22.3 Å². The number of carbonyl (C=O) groups excluding carboxylic acids is 1. The Kier molecular flexibility index (Phi) is 4.00. The van der Waals surface area contributed by atoms with E-state index in [1.54, 1.807) is 0 Å². The number of para-hydroxylation sites is 1. The Hall–Kier alpha value is -2.10. The molecule has 0 aliphatic carbocycles. The molecule has 0 radical (unpaired) electrons. The number of ether oxygens (including phenoxy) is 1. The zero-order valence-electron chi connectivity index (χ0n) is 11.4. The second kappa shape index (κ2) is 5.69. The molecule has 19 heavy (non-hydrogen) atoms. The molecule has 0 saturated heterocycles. The first-order valence-electron chi connectivity index (χ1n) is 6.36. The summed E-state index contributed by atoms with van der Waals surface area (Å²) >= 11 is 0. The van der Waals surface area contributed by atoms with Crippen LogP contribution in [0.25, 0.3) is 10.9 Å². The molecular weight excluding hydrogens is 240 g/mol. The van der Waals surface area contributed by atoms with E-state index in [1.807, 2.05) is 44.2 Å². The number of aryl methyl sites for hydroxylation is 1. The molecule has 1 atom stereocenters. The number of methoxy groups -OCH3 is 1. The molecule has 100 valence electrons. The van der Waals surface area contributed by atoms with Crippen LogP contribution in [0.1, 0.15) is 19.0 Å². The molecule has 0 aliphatic rings. The van der Waals surface area contributed by atoms with E-state index in [9.17, 15) is 4.79 Å². The van der Waals surface area contributed by atoms with E-state index < -0.39 is 0 Å². The summed E-state index contributed by atoms with van der Waals surface area (Å²) in [5.41, 5.74) is 2.69. The van der Waals surface area contributed by atoms with Gasteiger partial charge < -0.3 is 10.1 Å². The number of fused-ring (bicyclic) bond motifs is 1. The first-order valence-corrected chi connectivity index (χ1v) is 6.36. The number of carbonyl (C=O) groups is 1. The van der Waals surface area contributed by atoms with Crippen molar-refractivity contribution in [2.24, 2.45) is 0 Å². The zero-order chi connectivity index (χ0) is 13.8. The van der Waals surface area contributed by atoms with Gasteiger partial charge in [-0.3, -0.25) is 4.98 Å². The SMILES string of the molecule is CCC(Nc1cccc2ccc(C)nc12)C(=O)OC. The van der Waals surface area contributed by atoms with Gasteiger partial charge in [-0.25, -0.2) is 4.79 Å². The molecule has 0 amide bonds. The lowest BCUT2D eigenvalue weighted by atomic mass is 10.1. The summed E-state index contributed by atoms with van der Waals surface area (Å²) in [5, 5.41) is 4.26. The maximum absolute atomic E-state index is 11.6. The van der Waals surface area contributed by atoms with Crippen LogP contribution in [0.2, 0.25) is 0 Å². The summed E-state index contributed by atoms with van der Waals surface area (Å²) in [6.07, 6.45) is 0.662. The molecule has 1 unspecified atom stereocenters. The summed E-state index contributed by atoms with van der Waals surface area (Å²) < 4.78 is 4.79. The van der Waals surface area contributed by atoms with Crippen molar-refractivity contribution in [3.63, 3.8) is 0 Å². The number of anilines is 1. The van der Waals surface area contributed by atoms with Crippen molar-refractivity contribution < 1.29 is 9.53 Å². The molecule has 1 N–H and O–H groups in total. The van der Waals surface area contributed by atoms with E-state index in [0.29, 0.717) is 6.42 Å². The maximum Gasteiger partial charge on any atom is 0.328 e. The Morgan fingerprint density at radius 3 is 2.84 bits per heavy atom. The van der Waals surface area contributed by atoms with Crippen LogP contribution in [-0.4, -0.2) is 24.1 Å². The molecule has 1 aromatic heterocycles. The highest BCUT2D eigenvalue weighted by Gasteiger charge is 2.17. The Morgan fingerprint density at radius 1 is 1.37 bits per heavy atom. The van der Waals surface area contributed by atoms with E-state index in [-0.39, 0.29) is 12.0 Å². The molecule has 2 rings (SSSR count). The number of esters is 1. The zero-order valence-corrected chi connectivity index (χ0v) is 11.4. The van der Waals surface area contributed by atoms with Gasteiger partial charge in [-0.2, -0.15) is 0 Å². The average Bonchev–Trinajstić information content (AvgIpc) is 2.44. The summed E-state index contributed by atoms with van der Waals surface area (Å²) in [6.45, 7) is 3.90. The number of pyridine rings is 1. The molecule has 0 aliphatic heterocycles. The van der Waals surface area contributed by atoms with Crippen molar-refractivity contribution in [3.8, 4) is 0 Å². The topological polar surface area (TPSA) is 51.2 Å². The average molecular weight is 258 g/mol. The van der Waals surface area contributed by atoms with Crippen LogP contribution in [0.5, 0.6) is 0 Å². The highest BCUT2D eigenvalue weighted by molar-refractivity contribution is 5.92. The van der Waals surface area contributed by atoms with Crippen molar-refractivity contribution in [3.05, 3.63) is 36.0 Å². The Labute approximate surface area is 112 Å². The number of rotatable bonds is 4. The van der Waals surface area contributed by atoms with Crippen molar-refractivity contribution in [1.82, 2.24) is 4.98 Å². The van der Waals surface area contributed by atoms with Crippen LogP contribution in [-0.2, 0) is 9.53 Å². The minimum Gasteiger partial charge on any atom is -0.467 e. The minimum atomic E-state index is -0.349. The Bertz CT molecular complexity index is 596. The maximum atomic E-state index is 11.6. The monoisotopic (exact) mass is 258 g/mol. The number of benzene rings is 1. The molecule has 0 saturated carbocycles. The fraction of sp³-hybridized carbons (Fsp3) is 0.333. The highest BCUT2D eigenvalue weighted by Crippen LogP contribution is 2.23. The molecule has 0 fully saturated rings. The fourth-order valence-corrected chi connectivity index (χ4v) is 2.02. The van der Waals surface area contributed by atoms with Crippen molar-refractivity contribution in [2.45, 2.75) is 26.3 Å². The lowest BCUT2D eigenvalue weighted by molar-refractivity contribution is -0.141. The second-order valence-corrected chi connectivity index (χ2v) is 4.46. The molecule has 4 heteroatoms. The van der Waals surface area contributed by atoms with E-state index in [4.69, 9.17) is 4.74 Å². The fourth-order valence-electron chi connectivity index (χ4n) is 2.02. The van der Waals surface area contributed by atoms with Crippen LogP contribution in [0.3, 0.4) is 0 Å². The predicted octanol–water partition coefficient (Wildman–Crippen LogP) is 2.91. The smallest absolute Gasteiger partial charge is 0.328 e. The van der Waals surface area contributed by atoms with Crippen LogP contribution < -0.4 is 5.32 Å². The highest BCUT2D eigenvalue weighted by atomic mass is 16.5. The number of hydrogen-bond donors (Lipinski definition) is 1. The molecule has 0 spiro atoms. The third-order valence-electron chi connectivity index (χ3n) is 3.08. The number of hydrogen-bond acceptors (Lipinski definition) is 4. The molecule has 4 nitrogen and oxygen atoms in total. The van der Waals surface area contributed by atoms with Gasteiger partial charge in [-0.05, 0) is 25.5 Å². The number of nitrogens with one attached hydrogen (secondary N) is 1. The standard InChI is InChI=1S/C15H18N2O2/c1-4-12(15(18)19-3)17-13-7-5-6-11-9-8-10(2)16-14(11)13/h5-9,12,17H,4H2,1-3H3. The van der Waals surface area contributed by atoms with E-state index in [2.05, 4.69) is 10.3 Å². The number of nitrogens with zero attached hydrogens (tertiary/aromatic N) is 1. The molecule has 0 bridgehead atoms. The van der Waals surface area contributed by atoms with Crippen LogP contribution in [0, 0.1) is 6.92 Å². The normalized spacial score (nSPS) is 12.2. The third-order valence-corrected chi connectivity index (χ3v) is 3.08. The minimum absolute atomic E-state index is 0.257. The summed E-state index contributed by atoms with van der Waals surface area (Å²) in [6, 6.07) is 9.54. The van der Waals surface area contributed by atoms with Gasteiger partial charge in [0.25, 0.3) is 0 Å². The first-order chi connectivity index (χ1) is 9.15. The molecular formula is C15H18N2O2. The van der Waals surface area contributed by atoms with E-state index >= 15 is 0 Å². The summed E-state index contributed by atoms with van der Waals surface area (Å²) in [5.74, 6) is -0.257. The van der Waals surface area contributed by atoms with Gasteiger partial charge in [0, 0.05) is 11.1 Å². The second-order valence-electron chi connectivity index (χ2n) is 4.46. The van der Waals surface area contributed by atoms with Gasteiger partial charge in [0.1, 0.15) is 6.04 Å². The lowest BCUT2D eigenvalue weighted by Crippen LogP contribution is -2.29. The van der Waals surface area contributed by atoms with Crippen molar-refractivity contribution in [2.75, 3.05) is 12.4 Å². The van der Waals surface area contributed by atoms with Gasteiger partial charge in [-0.15, -0.1) is 0 Å². The van der Waals surface area contributed by atoms with Crippen LogP contribution in [0.15, 0.2) is 30.3 Å². The summed E-state index contributed by atoms with van der Waals surface area (Å²) in [7, 11) is 1.40. The Balaban J connectivity index is 2.39. The molecule has 1 aromatic carbocycles. The number of aromatic nitrogens is 1. The predicted molar refractivity (Wildman–Crippen MR) is 76.2 cm³/mol. The van der Waals surface area contributed by atoms with Gasteiger partial charge in [-0.1, -0.05) is 25.1 Å². The van der Waals surface area contributed by atoms with Gasteiger partial charge in [0.05, 0.1) is 18.3 Å². The van der Waals surface area contributed by atoms with Crippen molar-refractivity contribution in [1.29, 1.82) is 0 Å². The summed E-state index contributed by atoms with van der Waals surface area (Å²) in [4.78, 5) is 16.2. The van der Waals surface area contributed by atoms with Crippen molar-refractivity contribution >= 4 is 22.6 Å². The molecule has 1 heterocycles. The largest absolute Gasteiger partial charge is 0.467 e. The van der Waals surface area contributed by atoms with Crippen LogP contribution >= 0.6 is 0 Å². The first kappa shape index (κ1) is 13.3. The lowest BCUT2D eigenvalue weighted by Gasteiger charge is -2.17. The van der Waals surface area contributed by atoms with Gasteiger partial charge in [0.2, 0.25) is 0 Å². The molecule has 2 aromatic rings. The Morgan fingerprint density at radius 2 is 2.16 bits per heavy atom. The van der Waals surface area contributed by atoms with Gasteiger partial charge >= 0.3 is 5.97 Å². The van der Waals surface area contributed by atoms with E-state index in [1.165, 1.54) is 7.11 Å². The quantitative estimate of drug-likeness (QED) is 0.857. The van der Waals surface area contributed by atoms with Crippen LogP contribution in [0.4, 0.5) is 5.69 Å². The van der Waals surface area contributed by atoms with Gasteiger partial charge in [0.15, 0.2) is 0 Å².